The number of oxime groups is 1. The van der Waals surface area contributed by atoms with Crippen molar-refractivity contribution < 1.29 is 13.6 Å². The third kappa shape index (κ3) is 2.52. The van der Waals surface area contributed by atoms with Crippen LogP contribution >= 0.6 is 15.9 Å². The number of piperidine rings is 1. The van der Waals surface area contributed by atoms with Gasteiger partial charge >= 0.3 is 0 Å². The summed E-state index contributed by atoms with van der Waals surface area (Å²) < 4.78 is 28.0. The van der Waals surface area contributed by atoms with E-state index >= 15 is 0 Å². The van der Waals surface area contributed by atoms with E-state index in [4.69, 9.17) is 10.9 Å². The number of rotatable bonds is 3. The van der Waals surface area contributed by atoms with Gasteiger partial charge < -0.3 is 10.9 Å². The number of hydrogen-bond donors (Lipinski definition) is 2. The summed E-state index contributed by atoms with van der Waals surface area (Å²) in [5.41, 5.74) is 5.61. The van der Waals surface area contributed by atoms with Crippen LogP contribution < -0.4 is 5.73 Å². The Morgan fingerprint density at radius 1 is 1.55 bits per heavy atom. The highest BCUT2D eigenvalue weighted by atomic mass is 79.9. The van der Waals surface area contributed by atoms with Crippen molar-refractivity contribution in [2.45, 2.75) is 30.3 Å². The highest BCUT2D eigenvalue weighted by Crippen LogP contribution is 2.28. The zero-order chi connectivity index (χ0) is 14.9. The van der Waals surface area contributed by atoms with Gasteiger partial charge in [0.25, 0.3) is 10.0 Å². The normalized spacial score (nSPS) is 22.1. The lowest BCUT2D eigenvalue weighted by Crippen LogP contribution is -2.50. The number of nitrogens with zero attached hydrogens (tertiary/aromatic N) is 5. The van der Waals surface area contributed by atoms with Gasteiger partial charge in [0.05, 0.1) is 6.04 Å². The number of sulfonamides is 1. The van der Waals surface area contributed by atoms with Crippen molar-refractivity contribution in [1.29, 1.82) is 0 Å². The van der Waals surface area contributed by atoms with Crippen LogP contribution in [-0.4, -0.2) is 51.3 Å². The summed E-state index contributed by atoms with van der Waals surface area (Å²) in [5, 5.41) is 19.1. The van der Waals surface area contributed by atoms with Gasteiger partial charge in [0.1, 0.15) is 0 Å². The van der Waals surface area contributed by atoms with E-state index in [0.717, 1.165) is 12.8 Å². The summed E-state index contributed by atoms with van der Waals surface area (Å²) >= 11 is 3.08. The molecule has 20 heavy (non-hydrogen) atoms. The summed E-state index contributed by atoms with van der Waals surface area (Å²) in [5.74, 6) is -0.112. The van der Waals surface area contributed by atoms with E-state index in [0.29, 0.717) is 13.0 Å². The molecule has 9 nitrogen and oxygen atoms in total. The predicted molar refractivity (Wildman–Crippen MR) is 73.6 cm³/mol. The fraction of sp³-hybridized carbons (Fsp3) is 0.667. The first-order chi connectivity index (χ1) is 9.39. The van der Waals surface area contributed by atoms with Gasteiger partial charge in [0.2, 0.25) is 5.03 Å². The first-order valence-corrected chi connectivity index (χ1v) is 8.17. The Hall–Kier alpha value is -1.20. The fourth-order valence-corrected chi connectivity index (χ4v) is 4.97. The molecule has 0 spiro atoms. The van der Waals surface area contributed by atoms with Gasteiger partial charge in [-0.2, -0.15) is 4.31 Å². The van der Waals surface area contributed by atoms with Crippen molar-refractivity contribution in [3.05, 3.63) is 4.60 Å². The lowest BCUT2D eigenvalue weighted by Gasteiger charge is -2.33. The molecule has 1 fully saturated rings. The molecule has 0 aliphatic carbocycles. The Balaban J connectivity index is 2.46. The highest BCUT2D eigenvalue weighted by molar-refractivity contribution is 9.10. The Kier molecular flexibility index (Phi) is 4.30. The molecule has 2 heterocycles. The number of aryl methyl sites for hydroxylation is 1. The third-order valence-corrected chi connectivity index (χ3v) is 6.00. The van der Waals surface area contributed by atoms with Crippen molar-refractivity contribution in [1.82, 2.24) is 19.3 Å². The first-order valence-electron chi connectivity index (χ1n) is 5.94. The van der Waals surface area contributed by atoms with Gasteiger partial charge in [0, 0.05) is 13.6 Å². The smallest absolute Gasteiger partial charge is 0.263 e. The molecule has 1 aliphatic heterocycles. The van der Waals surface area contributed by atoms with Gasteiger partial charge in [-0.15, -0.1) is 5.10 Å². The maximum atomic E-state index is 12.7. The summed E-state index contributed by atoms with van der Waals surface area (Å²) in [6, 6.07) is -0.652. The Labute approximate surface area is 124 Å². The Morgan fingerprint density at radius 2 is 2.25 bits per heavy atom. The van der Waals surface area contributed by atoms with E-state index < -0.39 is 16.1 Å². The van der Waals surface area contributed by atoms with E-state index in [9.17, 15) is 8.42 Å². The second-order valence-electron chi connectivity index (χ2n) is 4.46. The minimum atomic E-state index is -3.83. The third-order valence-electron chi connectivity index (χ3n) is 3.20. The van der Waals surface area contributed by atoms with Gasteiger partial charge in [0.15, 0.2) is 10.4 Å². The number of halogens is 1. The molecule has 1 unspecified atom stereocenters. The summed E-state index contributed by atoms with van der Waals surface area (Å²) in [6.07, 6.45) is 2.05. The maximum Gasteiger partial charge on any atom is 0.263 e. The standard InChI is InChI=1S/C9H15BrN6O3S/c1-15-9(7(10)12-14-15)20(18,19)16-5-3-2-4-6(16)8(11)13-17/h6,17H,2-5H2,1H3,(H2,11,13). The highest BCUT2D eigenvalue weighted by Gasteiger charge is 2.39. The molecule has 1 aromatic heterocycles. The SMILES string of the molecule is Cn1nnc(Br)c1S(=O)(=O)N1CCCCC1C(N)=NO. The average molecular weight is 367 g/mol. The molecule has 0 amide bonds. The zero-order valence-electron chi connectivity index (χ0n) is 10.8. The molecule has 1 aromatic rings. The van der Waals surface area contributed by atoms with E-state index in [1.165, 1.54) is 16.0 Å². The molecule has 3 N–H and O–H groups in total. The second kappa shape index (κ2) is 5.66. The monoisotopic (exact) mass is 366 g/mol. The molecule has 0 aromatic carbocycles. The quantitative estimate of drug-likeness (QED) is 0.332. The fourth-order valence-electron chi connectivity index (χ4n) is 2.26. The molecular weight excluding hydrogens is 352 g/mol. The van der Waals surface area contributed by atoms with Crippen molar-refractivity contribution in [2.24, 2.45) is 17.9 Å². The van der Waals surface area contributed by atoms with Crippen LogP contribution in [0.25, 0.3) is 0 Å². The maximum absolute atomic E-state index is 12.7. The van der Waals surface area contributed by atoms with Crippen LogP contribution in [0.2, 0.25) is 0 Å². The van der Waals surface area contributed by atoms with Gasteiger partial charge in [-0.05, 0) is 28.8 Å². The van der Waals surface area contributed by atoms with Gasteiger partial charge in [-0.25, -0.2) is 13.1 Å². The van der Waals surface area contributed by atoms with Crippen LogP contribution in [0.1, 0.15) is 19.3 Å². The summed E-state index contributed by atoms with van der Waals surface area (Å²) in [6.45, 7) is 0.306. The lowest BCUT2D eigenvalue weighted by molar-refractivity contribution is 0.280. The van der Waals surface area contributed by atoms with E-state index in [2.05, 4.69) is 31.4 Å². The molecule has 1 saturated heterocycles. The van der Waals surface area contributed by atoms with Crippen LogP contribution in [0.15, 0.2) is 14.8 Å². The summed E-state index contributed by atoms with van der Waals surface area (Å²) in [4.78, 5) is 0. The second-order valence-corrected chi connectivity index (χ2v) is 7.02. The van der Waals surface area contributed by atoms with Gasteiger partial charge in [-0.1, -0.05) is 16.8 Å². The Bertz CT molecular complexity index is 608. The molecule has 2 rings (SSSR count). The van der Waals surface area contributed by atoms with Crippen LogP contribution in [0.3, 0.4) is 0 Å². The first kappa shape index (κ1) is 15.2. The van der Waals surface area contributed by atoms with Crippen LogP contribution in [0, 0.1) is 0 Å². The minimum absolute atomic E-state index is 0.0462. The number of hydrogen-bond acceptors (Lipinski definition) is 6. The largest absolute Gasteiger partial charge is 0.409 e. The Morgan fingerprint density at radius 3 is 2.80 bits per heavy atom. The van der Waals surface area contributed by atoms with Crippen molar-refractivity contribution in [2.75, 3.05) is 6.54 Å². The number of amidine groups is 1. The molecular formula is C9H15BrN6O3S. The molecule has 1 aliphatic rings. The van der Waals surface area contributed by atoms with Crippen molar-refractivity contribution in [3.8, 4) is 0 Å². The number of nitrogens with two attached hydrogens (primary N) is 1. The molecule has 0 bridgehead atoms. The topological polar surface area (TPSA) is 127 Å². The van der Waals surface area contributed by atoms with Crippen molar-refractivity contribution >= 4 is 31.8 Å². The van der Waals surface area contributed by atoms with E-state index in [1.807, 2.05) is 0 Å². The van der Waals surface area contributed by atoms with E-state index in [1.54, 1.807) is 0 Å². The van der Waals surface area contributed by atoms with E-state index in [-0.39, 0.29) is 15.5 Å². The molecule has 112 valence electrons. The van der Waals surface area contributed by atoms with Gasteiger partial charge in [-0.3, -0.25) is 0 Å². The lowest BCUT2D eigenvalue weighted by atomic mass is 10.0. The van der Waals surface area contributed by atoms with Crippen LogP contribution in [-0.2, 0) is 17.1 Å². The number of aromatic nitrogens is 3. The molecule has 0 saturated carbocycles. The van der Waals surface area contributed by atoms with Crippen LogP contribution in [0.4, 0.5) is 0 Å². The van der Waals surface area contributed by atoms with Crippen LogP contribution in [0.5, 0.6) is 0 Å². The minimum Gasteiger partial charge on any atom is -0.409 e. The van der Waals surface area contributed by atoms with Crippen molar-refractivity contribution in [3.63, 3.8) is 0 Å². The predicted octanol–water partition coefficient (Wildman–Crippen LogP) is -0.133. The zero-order valence-corrected chi connectivity index (χ0v) is 13.2. The molecule has 0 radical (unpaired) electrons. The molecule has 11 heteroatoms. The average Bonchev–Trinajstić information content (AvgIpc) is 2.77. The summed E-state index contributed by atoms with van der Waals surface area (Å²) in [7, 11) is -2.34. The molecule has 1 atom stereocenters.